The first-order valence-corrected chi connectivity index (χ1v) is 5.27. The van der Waals surface area contributed by atoms with Gasteiger partial charge in [0.05, 0.1) is 0 Å². The third kappa shape index (κ3) is 2.65. The van der Waals surface area contributed by atoms with Crippen LogP contribution in [0.1, 0.15) is 35.1 Å². The molecule has 2 rings (SSSR count). The van der Waals surface area contributed by atoms with E-state index in [1.807, 2.05) is 0 Å². The first kappa shape index (κ1) is 16.8. The molecular weight excluding hydrogens is 248 g/mol. The third-order valence-corrected chi connectivity index (χ3v) is 2.93. The Labute approximate surface area is 112 Å². The van der Waals surface area contributed by atoms with Gasteiger partial charge in [-0.25, -0.2) is 0 Å². The molecule has 0 spiro atoms. The van der Waals surface area contributed by atoms with Crippen molar-refractivity contribution in [1.29, 1.82) is 0 Å². The zero-order chi connectivity index (χ0) is 14.2. The van der Waals surface area contributed by atoms with Crippen molar-refractivity contribution in [3.05, 3.63) is 45.3 Å². The van der Waals surface area contributed by atoms with Gasteiger partial charge in [-0.15, -0.1) is 11.5 Å². The molecule has 0 saturated heterocycles. The molecule has 0 unspecified atom stereocenters. The zero-order valence-electron chi connectivity index (χ0n) is 10.5. The summed E-state index contributed by atoms with van der Waals surface area (Å²) in [6.07, 6.45) is 0. The van der Waals surface area contributed by atoms with Gasteiger partial charge in [-0.05, 0) is 33.3 Å². The standard InChI is InChI=1S/C7H8O3.C6H8O2.CH4/c1-3-5(8)4(2)7(10)6(3)9;1-3-5(7)4(2)6(3)8;/h8H,1-2H3,(H,9,10);7-8H,1-2H3;1H4/p-4. The monoisotopic (exact) mass is 264 g/mol. The topological polar surface area (TPSA) is 109 Å². The van der Waals surface area contributed by atoms with Gasteiger partial charge < -0.3 is 20.4 Å². The van der Waals surface area contributed by atoms with Crippen LogP contribution in [0.25, 0.3) is 0 Å². The number of carbonyl (C=O) groups excluding carboxylic acids is 1. The molecule has 5 nitrogen and oxygen atoms in total. The van der Waals surface area contributed by atoms with Gasteiger partial charge in [0.15, 0.2) is 5.78 Å². The Morgan fingerprint density at radius 1 is 0.579 bits per heavy atom. The summed E-state index contributed by atoms with van der Waals surface area (Å²) >= 11 is 0. The van der Waals surface area contributed by atoms with Crippen LogP contribution < -0.4 is 20.4 Å². The van der Waals surface area contributed by atoms with Gasteiger partial charge in [-0.2, -0.15) is 0 Å². The second-order valence-corrected chi connectivity index (χ2v) is 4.15. The summed E-state index contributed by atoms with van der Waals surface area (Å²) in [5.41, 5.74) is 0.843. The van der Waals surface area contributed by atoms with Crippen molar-refractivity contribution in [1.82, 2.24) is 0 Å². The Hall–Kier alpha value is -2.17. The molecule has 0 radical (unpaired) electrons. The number of rotatable bonds is 0. The molecule has 0 aromatic carbocycles. The first-order chi connectivity index (χ1) is 8.20. The summed E-state index contributed by atoms with van der Waals surface area (Å²) in [4.78, 5) is 10.7. The molecule has 19 heavy (non-hydrogen) atoms. The minimum absolute atomic E-state index is 0. The van der Waals surface area contributed by atoms with Crippen molar-refractivity contribution in [3.63, 3.8) is 0 Å². The van der Waals surface area contributed by atoms with Crippen LogP contribution in [0.3, 0.4) is 0 Å². The lowest BCUT2D eigenvalue weighted by molar-refractivity contribution is -0.331. The molecule has 2 aliphatic carbocycles. The van der Waals surface area contributed by atoms with Crippen molar-refractivity contribution in [3.8, 4) is 0 Å². The van der Waals surface area contributed by atoms with Crippen LogP contribution in [-0.2, 0) is 4.79 Å². The van der Waals surface area contributed by atoms with Crippen LogP contribution in [0.2, 0.25) is 0 Å². The molecular formula is C14H16O5-4. The maximum atomic E-state index is 10.8. The fourth-order valence-corrected chi connectivity index (χ4v) is 1.53. The van der Waals surface area contributed by atoms with E-state index in [1.54, 1.807) is 13.8 Å². The van der Waals surface area contributed by atoms with Crippen LogP contribution >= 0.6 is 0 Å². The van der Waals surface area contributed by atoms with Gasteiger partial charge in [-0.1, -0.05) is 35.7 Å². The van der Waals surface area contributed by atoms with Gasteiger partial charge in [0.1, 0.15) is 0 Å². The lowest BCUT2D eigenvalue weighted by Crippen LogP contribution is -2.25. The first-order valence-electron chi connectivity index (χ1n) is 5.27. The van der Waals surface area contributed by atoms with Gasteiger partial charge in [0.25, 0.3) is 0 Å². The van der Waals surface area contributed by atoms with E-state index in [1.165, 1.54) is 13.8 Å². The highest BCUT2D eigenvalue weighted by molar-refractivity contribution is 6.10. The number of allylic oxidation sites excluding steroid dienone is 4. The lowest BCUT2D eigenvalue weighted by atomic mass is 9.97. The SMILES string of the molecule is C.CC1=C([O-])C(=O)C(C)=C1[O-].CC1=C([O-])C(C)=C1[O-]. The largest absolute Gasteiger partial charge is 0.872 e. The van der Waals surface area contributed by atoms with Crippen molar-refractivity contribution in [2.75, 3.05) is 0 Å². The molecule has 0 fully saturated rings. The van der Waals surface area contributed by atoms with Crippen molar-refractivity contribution in [2.24, 2.45) is 0 Å². The average Bonchev–Trinajstić information content (AvgIpc) is 2.55. The number of hydrogen-bond acceptors (Lipinski definition) is 5. The fourth-order valence-electron chi connectivity index (χ4n) is 1.53. The van der Waals surface area contributed by atoms with Crippen molar-refractivity contribution >= 4 is 5.78 Å². The van der Waals surface area contributed by atoms with Crippen LogP contribution in [-0.4, -0.2) is 5.78 Å². The molecule has 2 aliphatic rings. The van der Waals surface area contributed by atoms with Gasteiger partial charge in [0.2, 0.25) is 0 Å². The zero-order valence-corrected chi connectivity index (χ0v) is 10.5. The Balaban J connectivity index is 0.000000331. The lowest BCUT2D eigenvalue weighted by Gasteiger charge is -2.35. The van der Waals surface area contributed by atoms with E-state index < -0.39 is 17.3 Å². The van der Waals surface area contributed by atoms with E-state index in [4.69, 9.17) is 0 Å². The smallest absolute Gasteiger partial charge is 0.173 e. The van der Waals surface area contributed by atoms with Gasteiger partial charge in [0, 0.05) is 0 Å². The van der Waals surface area contributed by atoms with Crippen molar-refractivity contribution < 1.29 is 25.2 Å². The molecule has 0 aromatic heterocycles. The molecule has 0 N–H and O–H groups in total. The minimum atomic E-state index is -0.650. The molecule has 0 bridgehead atoms. The van der Waals surface area contributed by atoms with Crippen LogP contribution in [0, 0.1) is 0 Å². The molecule has 5 heteroatoms. The Morgan fingerprint density at radius 3 is 0.947 bits per heavy atom. The van der Waals surface area contributed by atoms with Gasteiger partial charge >= 0.3 is 0 Å². The summed E-state index contributed by atoms with van der Waals surface area (Å²) in [5.74, 6) is -1.86. The summed E-state index contributed by atoms with van der Waals surface area (Å²) in [5, 5.41) is 42.5. The summed E-state index contributed by atoms with van der Waals surface area (Å²) in [6.45, 7) is 5.85. The Kier molecular flexibility index (Phi) is 5.00. The Bertz CT molecular complexity index is 465. The molecule has 106 valence electrons. The molecule has 0 heterocycles. The van der Waals surface area contributed by atoms with E-state index in [-0.39, 0.29) is 30.1 Å². The predicted molar refractivity (Wildman–Crippen MR) is 62.5 cm³/mol. The second-order valence-electron chi connectivity index (χ2n) is 4.15. The van der Waals surface area contributed by atoms with Crippen LogP contribution in [0.15, 0.2) is 45.3 Å². The highest BCUT2D eigenvalue weighted by atomic mass is 16.3. The molecule has 0 aromatic rings. The highest BCUT2D eigenvalue weighted by Gasteiger charge is 2.13. The van der Waals surface area contributed by atoms with E-state index >= 15 is 0 Å². The quantitative estimate of drug-likeness (QED) is 0.542. The number of hydrogen-bond donors (Lipinski definition) is 0. The molecule has 0 amide bonds. The maximum absolute atomic E-state index is 10.8. The van der Waals surface area contributed by atoms with E-state index in [0.717, 1.165) is 0 Å². The van der Waals surface area contributed by atoms with Gasteiger partial charge in [-0.3, -0.25) is 4.79 Å². The highest BCUT2D eigenvalue weighted by Crippen LogP contribution is 2.25. The number of ketones is 1. The second kappa shape index (κ2) is 5.65. The summed E-state index contributed by atoms with van der Waals surface area (Å²) < 4.78 is 0. The maximum Gasteiger partial charge on any atom is 0.173 e. The van der Waals surface area contributed by atoms with E-state index in [0.29, 0.717) is 11.1 Å². The normalized spacial score (nSPS) is 18.2. The van der Waals surface area contributed by atoms with E-state index in [2.05, 4.69) is 0 Å². The Morgan fingerprint density at radius 2 is 0.842 bits per heavy atom. The molecule has 0 saturated carbocycles. The number of carbonyl (C=O) groups is 1. The summed E-state index contributed by atoms with van der Waals surface area (Å²) in [6, 6.07) is 0. The van der Waals surface area contributed by atoms with E-state index in [9.17, 15) is 25.2 Å². The third-order valence-electron chi connectivity index (χ3n) is 2.93. The summed E-state index contributed by atoms with van der Waals surface area (Å²) in [7, 11) is 0. The fraction of sp³-hybridized carbons (Fsp3) is 0.357. The van der Waals surface area contributed by atoms with Crippen LogP contribution in [0.4, 0.5) is 0 Å². The molecule has 0 atom stereocenters. The minimum Gasteiger partial charge on any atom is -0.872 e. The average molecular weight is 264 g/mol. The number of Topliss-reactive ketones (excluding diaryl/α,β-unsaturated/α-hetero) is 1. The van der Waals surface area contributed by atoms with Crippen molar-refractivity contribution in [2.45, 2.75) is 35.1 Å². The molecule has 0 aliphatic heterocycles. The predicted octanol–water partition coefficient (Wildman–Crippen LogP) is -1.26. The van der Waals surface area contributed by atoms with Crippen LogP contribution in [0.5, 0.6) is 0 Å².